The first-order valence-corrected chi connectivity index (χ1v) is 9.84. The monoisotopic (exact) mass is 408 g/mol. The van der Waals surface area contributed by atoms with Crippen molar-refractivity contribution < 1.29 is 23.9 Å². The number of carbonyl (C=O) groups is 3. The van der Waals surface area contributed by atoms with Crippen molar-refractivity contribution in [2.75, 3.05) is 14.2 Å². The molecule has 0 bridgehead atoms. The average molecular weight is 408 g/mol. The first-order chi connectivity index (χ1) is 14.5. The van der Waals surface area contributed by atoms with E-state index in [1.165, 1.54) is 0 Å². The summed E-state index contributed by atoms with van der Waals surface area (Å²) < 4.78 is 11.6. The van der Waals surface area contributed by atoms with Crippen LogP contribution in [0.5, 0.6) is 0 Å². The maximum atomic E-state index is 13.5. The van der Waals surface area contributed by atoms with Crippen LogP contribution < -0.4 is 10.6 Å². The molecule has 0 aromatic heterocycles. The average Bonchev–Trinajstić information content (AvgIpc) is 2.78. The zero-order valence-corrected chi connectivity index (χ0v) is 16.9. The Hall–Kier alpha value is -3.03. The van der Waals surface area contributed by atoms with Crippen LogP contribution in [0.25, 0.3) is 0 Å². The molecule has 1 saturated carbocycles. The summed E-state index contributed by atoms with van der Waals surface area (Å²) in [6.45, 7) is 0. The summed E-state index contributed by atoms with van der Waals surface area (Å²) in [7, 11) is 3.13. The van der Waals surface area contributed by atoms with E-state index in [0.717, 1.165) is 11.1 Å². The number of benzene rings is 2. The van der Waals surface area contributed by atoms with Gasteiger partial charge in [0.25, 0.3) is 0 Å². The number of rotatable bonds is 4. The van der Waals surface area contributed by atoms with E-state index in [0.29, 0.717) is 0 Å². The fourth-order valence-corrected chi connectivity index (χ4v) is 5.00. The Balaban J connectivity index is 1.98. The summed E-state index contributed by atoms with van der Waals surface area (Å²) in [6.07, 6.45) is 0.560. The van der Waals surface area contributed by atoms with Crippen molar-refractivity contribution in [3.63, 3.8) is 0 Å². The molecule has 1 spiro atoms. The van der Waals surface area contributed by atoms with Crippen LogP contribution in [0.15, 0.2) is 60.7 Å². The molecule has 2 fully saturated rings. The fourth-order valence-electron chi connectivity index (χ4n) is 5.00. The van der Waals surface area contributed by atoms with Gasteiger partial charge in [0, 0.05) is 38.9 Å². The topological polar surface area (TPSA) is 93.7 Å². The van der Waals surface area contributed by atoms with Crippen LogP contribution in [-0.4, -0.2) is 37.9 Å². The fraction of sp³-hybridized carbons (Fsp3) is 0.348. The predicted octanol–water partition coefficient (Wildman–Crippen LogP) is 2.69. The third-order valence-corrected chi connectivity index (χ3v) is 6.48. The quantitative estimate of drug-likeness (QED) is 0.599. The smallest absolute Gasteiger partial charge is 0.328 e. The van der Waals surface area contributed by atoms with E-state index in [1.807, 2.05) is 60.7 Å². The Morgan fingerprint density at radius 2 is 1.13 bits per heavy atom. The molecule has 2 N–H and O–H groups in total. The number of urea groups is 1. The highest BCUT2D eigenvalue weighted by Gasteiger charge is 2.66. The Morgan fingerprint density at radius 3 is 1.50 bits per heavy atom. The number of carbonyl (C=O) groups excluding carboxylic acids is 3. The summed E-state index contributed by atoms with van der Waals surface area (Å²) in [5.41, 5.74) is 0.0736. The lowest BCUT2D eigenvalue weighted by molar-refractivity contribution is -0.242. The maximum absolute atomic E-state index is 13.5. The molecule has 1 heterocycles. The van der Waals surface area contributed by atoms with Gasteiger partial charge >= 0.3 is 6.03 Å². The van der Waals surface area contributed by atoms with Crippen molar-refractivity contribution >= 4 is 17.8 Å². The van der Waals surface area contributed by atoms with Gasteiger partial charge in [-0.2, -0.15) is 0 Å². The van der Waals surface area contributed by atoms with E-state index in [4.69, 9.17) is 9.47 Å². The molecule has 0 radical (unpaired) electrons. The van der Waals surface area contributed by atoms with E-state index in [1.54, 1.807) is 14.2 Å². The van der Waals surface area contributed by atoms with Gasteiger partial charge in [-0.15, -0.1) is 0 Å². The van der Waals surface area contributed by atoms with Gasteiger partial charge in [0.1, 0.15) is 5.41 Å². The van der Waals surface area contributed by atoms with Crippen LogP contribution in [0.1, 0.15) is 35.8 Å². The predicted molar refractivity (Wildman–Crippen MR) is 108 cm³/mol. The van der Waals surface area contributed by atoms with Crippen LogP contribution in [0, 0.1) is 5.41 Å². The second kappa shape index (κ2) is 7.66. The molecular weight excluding hydrogens is 384 g/mol. The zero-order valence-electron chi connectivity index (χ0n) is 16.9. The van der Waals surface area contributed by atoms with Crippen molar-refractivity contribution in [1.82, 2.24) is 10.6 Å². The number of imide groups is 2. The standard InChI is InChI=1S/C23H24N2O5/c1-29-22(30-2)13-17(15-9-5-3-6-10-15)23(19(26)24-21(28)25-20(23)27)18(14-22)16-11-7-4-8-12-16/h3-12,17-18H,13-14H2,1-2H3,(H2,24,25,26,27,28)/t17-,18+. The number of ether oxygens (including phenoxy) is 2. The van der Waals surface area contributed by atoms with Crippen LogP contribution in [0.3, 0.4) is 0 Å². The molecule has 1 aliphatic carbocycles. The molecule has 2 aromatic carbocycles. The summed E-state index contributed by atoms with van der Waals surface area (Å²) in [6, 6.07) is 17.9. The van der Waals surface area contributed by atoms with Gasteiger partial charge in [0.05, 0.1) is 0 Å². The minimum absolute atomic E-state index is 0.280. The molecule has 2 atom stereocenters. The van der Waals surface area contributed by atoms with Crippen molar-refractivity contribution in [3.05, 3.63) is 71.8 Å². The van der Waals surface area contributed by atoms with Crippen molar-refractivity contribution in [1.29, 1.82) is 0 Å². The molecule has 4 amide bonds. The Morgan fingerprint density at radius 1 is 0.733 bits per heavy atom. The Bertz CT molecular complexity index is 883. The minimum atomic E-state index is -1.53. The van der Waals surface area contributed by atoms with Gasteiger partial charge in [-0.3, -0.25) is 20.2 Å². The minimum Gasteiger partial charge on any atom is -0.353 e. The normalized spacial score (nSPS) is 24.9. The molecule has 4 rings (SSSR count). The van der Waals surface area contributed by atoms with Crippen molar-refractivity contribution in [2.45, 2.75) is 30.5 Å². The maximum Gasteiger partial charge on any atom is 0.328 e. The van der Waals surface area contributed by atoms with Crippen LogP contribution >= 0.6 is 0 Å². The molecule has 7 nitrogen and oxygen atoms in total. The third-order valence-electron chi connectivity index (χ3n) is 6.48. The number of methoxy groups -OCH3 is 2. The lowest BCUT2D eigenvalue weighted by Crippen LogP contribution is -2.69. The summed E-state index contributed by atoms with van der Waals surface area (Å²) in [5.74, 6) is -3.34. The van der Waals surface area contributed by atoms with E-state index >= 15 is 0 Å². The highest BCUT2D eigenvalue weighted by molar-refractivity contribution is 6.20. The van der Waals surface area contributed by atoms with Gasteiger partial charge in [0.2, 0.25) is 11.8 Å². The van der Waals surface area contributed by atoms with Gasteiger partial charge in [-0.25, -0.2) is 4.79 Å². The van der Waals surface area contributed by atoms with Gasteiger partial charge < -0.3 is 9.47 Å². The molecule has 30 heavy (non-hydrogen) atoms. The number of barbiturate groups is 1. The zero-order chi connectivity index (χ0) is 21.4. The van der Waals surface area contributed by atoms with Gasteiger partial charge in [0.15, 0.2) is 5.79 Å². The first-order valence-electron chi connectivity index (χ1n) is 9.84. The highest BCUT2D eigenvalue weighted by Crippen LogP contribution is 2.59. The SMILES string of the molecule is COC1(OC)C[C@H](c2ccccc2)C2(C(=O)NC(=O)NC2=O)[C@H](c2ccccc2)C1. The summed E-state index contributed by atoms with van der Waals surface area (Å²) in [5, 5.41) is 4.68. The third kappa shape index (κ3) is 3.02. The molecule has 156 valence electrons. The Labute approximate surface area is 174 Å². The van der Waals surface area contributed by atoms with Crippen molar-refractivity contribution in [2.24, 2.45) is 5.41 Å². The molecule has 1 aliphatic heterocycles. The van der Waals surface area contributed by atoms with Crippen molar-refractivity contribution in [3.8, 4) is 0 Å². The molecule has 2 aromatic rings. The second-order valence-electron chi connectivity index (χ2n) is 7.76. The summed E-state index contributed by atoms with van der Waals surface area (Å²) >= 11 is 0. The van der Waals surface area contributed by atoms with Crippen LogP contribution in [0.2, 0.25) is 0 Å². The number of amides is 4. The van der Waals surface area contributed by atoms with Crippen LogP contribution in [0.4, 0.5) is 4.79 Å². The first kappa shape index (κ1) is 20.3. The van der Waals surface area contributed by atoms with Gasteiger partial charge in [-0.05, 0) is 11.1 Å². The highest BCUT2D eigenvalue weighted by atomic mass is 16.7. The number of hydrogen-bond acceptors (Lipinski definition) is 5. The number of nitrogens with one attached hydrogen (secondary N) is 2. The molecule has 0 unspecified atom stereocenters. The second-order valence-corrected chi connectivity index (χ2v) is 7.76. The number of hydrogen-bond donors (Lipinski definition) is 2. The molecular formula is C23H24N2O5. The van der Waals surface area contributed by atoms with E-state index < -0.39 is 40.9 Å². The van der Waals surface area contributed by atoms with Crippen LogP contribution in [-0.2, 0) is 19.1 Å². The van der Waals surface area contributed by atoms with E-state index in [-0.39, 0.29) is 12.8 Å². The van der Waals surface area contributed by atoms with Gasteiger partial charge in [-0.1, -0.05) is 60.7 Å². The molecule has 7 heteroatoms. The molecule has 2 aliphatic rings. The van der Waals surface area contributed by atoms with E-state index in [2.05, 4.69) is 10.6 Å². The molecule has 1 saturated heterocycles. The lowest BCUT2D eigenvalue weighted by Gasteiger charge is -2.53. The lowest BCUT2D eigenvalue weighted by atomic mass is 9.53. The summed E-state index contributed by atoms with van der Waals surface area (Å²) in [4.78, 5) is 38.9. The largest absolute Gasteiger partial charge is 0.353 e. The Kier molecular flexibility index (Phi) is 5.17. The van der Waals surface area contributed by atoms with E-state index in [9.17, 15) is 14.4 Å².